The Hall–Kier alpha value is -1.06. The van der Waals surface area contributed by atoms with Crippen molar-refractivity contribution >= 4 is 0 Å². The minimum atomic E-state index is -0.298. The maximum absolute atomic E-state index is 5.95. The van der Waals surface area contributed by atoms with Crippen LogP contribution in [0.4, 0.5) is 0 Å². The second-order valence-electron chi connectivity index (χ2n) is 5.88. The lowest BCUT2D eigenvalue weighted by atomic mass is 10.1. The average Bonchev–Trinajstić information content (AvgIpc) is 2.31. The van der Waals surface area contributed by atoms with Gasteiger partial charge >= 0.3 is 0 Å². The van der Waals surface area contributed by atoms with Gasteiger partial charge in [-0.15, -0.1) is 0 Å². The van der Waals surface area contributed by atoms with Crippen LogP contribution in [0.3, 0.4) is 0 Å². The van der Waals surface area contributed by atoms with Gasteiger partial charge in [0, 0.05) is 6.61 Å². The van der Waals surface area contributed by atoms with Gasteiger partial charge in [0.25, 0.3) is 0 Å². The highest BCUT2D eigenvalue weighted by atomic mass is 16.5. The summed E-state index contributed by atoms with van der Waals surface area (Å²) in [6.45, 7) is 8.62. The fraction of sp³-hybridized carbons (Fsp3) is 0.625. The normalized spacial score (nSPS) is 11.9. The molecular formula is C16H27NO2. The van der Waals surface area contributed by atoms with Crippen LogP contribution < -0.4 is 4.74 Å². The lowest BCUT2D eigenvalue weighted by Crippen LogP contribution is -2.34. The van der Waals surface area contributed by atoms with Crippen LogP contribution >= 0.6 is 0 Å². The average molecular weight is 265 g/mol. The molecular weight excluding hydrogens is 238 g/mol. The van der Waals surface area contributed by atoms with Crippen LogP contribution in [0.2, 0.25) is 0 Å². The number of hydrogen-bond acceptors (Lipinski definition) is 3. The van der Waals surface area contributed by atoms with Crippen molar-refractivity contribution in [2.24, 2.45) is 0 Å². The van der Waals surface area contributed by atoms with E-state index in [1.807, 2.05) is 12.1 Å². The molecule has 0 N–H and O–H groups in total. The van der Waals surface area contributed by atoms with Crippen LogP contribution in [0.25, 0.3) is 0 Å². The SMILES string of the molecule is Cc1ccc(OC(C)(C)COCCCN(C)C)cc1. The Kier molecular flexibility index (Phi) is 6.32. The largest absolute Gasteiger partial charge is 0.485 e. The molecule has 0 spiro atoms. The van der Waals surface area contributed by atoms with Gasteiger partial charge in [0.15, 0.2) is 0 Å². The molecule has 0 bridgehead atoms. The van der Waals surface area contributed by atoms with Crippen molar-refractivity contribution in [3.05, 3.63) is 29.8 Å². The number of nitrogens with zero attached hydrogens (tertiary/aromatic N) is 1. The summed E-state index contributed by atoms with van der Waals surface area (Å²) in [6, 6.07) is 8.12. The first kappa shape index (κ1) is 16.0. The quantitative estimate of drug-likeness (QED) is 0.674. The molecule has 0 aromatic heterocycles. The Balaban J connectivity index is 2.29. The molecule has 0 aliphatic carbocycles. The van der Waals surface area contributed by atoms with Crippen molar-refractivity contribution < 1.29 is 9.47 Å². The van der Waals surface area contributed by atoms with E-state index in [0.717, 1.165) is 25.3 Å². The van der Waals surface area contributed by atoms with Gasteiger partial charge in [-0.05, 0) is 60.0 Å². The summed E-state index contributed by atoms with van der Waals surface area (Å²) >= 11 is 0. The second kappa shape index (κ2) is 7.51. The van der Waals surface area contributed by atoms with Gasteiger partial charge in [0.1, 0.15) is 11.4 Å². The number of benzene rings is 1. The summed E-state index contributed by atoms with van der Waals surface area (Å²) in [6.07, 6.45) is 1.05. The molecule has 3 heteroatoms. The summed E-state index contributed by atoms with van der Waals surface area (Å²) in [5.41, 5.74) is 0.943. The summed E-state index contributed by atoms with van der Waals surface area (Å²) in [5.74, 6) is 0.896. The van der Waals surface area contributed by atoms with E-state index in [1.165, 1.54) is 5.56 Å². The molecule has 0 saturated heterocycles. The molecule has 3 nitrogen and oxygen atoms in total. The number of hydrogen-bond donors (Lipinski definition) is 0. The van der Waals surface area contributed by atoms with Gasteiger partial charge in [-0.2, -0.15) is 0 Å². The Morgan fingerprint density at radius 3 is 2.32 bits per heavy atom. The second-order valence-corrected chi connectivity index (χ2v) is 5.88. The lowest BCUT2D eigenvalue weighted by molar-refractivity contribution is -0.00492. The van der Waals surface area contributed by atoms with Gasteiger partial charge in [-0.1, -0.05) is 17.7 Å². The summed E-state index contributed by atoms with van der Waals surface area (Å²) < 4.78 is 11.6. The minimum absolute atomic E-state index is 0.298. The molecule has 1 aromatic rings. The molecule has 0 saturated carbocycles. The zero-order chi connectivity index (χ0) is 14.3. The van der Waals surface area contributed by atoms with E-state index in [4.69, 9.17) is 9.47 Å². The molecule has 19 heavy (non-hydrogen) atoms. The third-order valence-electron chi connectivity index (χ3n) is 2.76. The van der Waals surface area contributed by atoms with Crippen molar-refractivity contribution in [2.75, 3.05) is 33.9 Å². The third-order valence-corrected chi connectivity index (χ3v) is 2.76. The molecule has 0 aliphatic heterocycles. The molecule has 1 rings (SSSR count). The molecule has 0 heterocycles. The van der Waals surface area contributed by atoms with E-state index < -0.39 is 0 Å². The van der Waals surface area contributed by atoms with Crippen molar-refractivity contribution in [1.29, 1.82) is 0 Å². The van der Waals surface area contributed by atoms with Gasteiger partial charge in [-0.3, -0.25) is 0 Å². The predicted molar refractivity (Wildman–Crippen MR) is 79.9 cm³/mol. The van der Waals surface area contributed by atoms with Crippen LogP contribution in [0.1, 0.15) is 25.8 Å². The first-order chi connectivity index (χ1) is 8.89. The molecule has 0 unspecified atom stereocenters. The van der Waals surface area contributed by atoms with Crippen molar-refractivity contribution in [1.82, 2.24) is 4.90 Å². The van der Waals surface area contributed by atoms with Gasteiger partial charge < -0.3 is 14.4 Å². The molecule has 0 amide bonds. The summed E-state index contributed by atoms with van der Waals surface area (Å²) in [4.78, 5) is 2.16. The topological polar surface area (TPSA) is 21.7 Å². The van der Waals surface area contributed by atoms with Crippen LogP contribution in [-0.2, 0) is 4.74 Å². The Morgan fingerprint density at radius 2 is 1.74 bits per heavy atom. The standard InChI is InChI=1S/C16H27NO2/c1-14-7-9-15(10-8-14)19-16(2,3)13-18-12-6-11-17(4)5/h7-10H,6,11-13H2,1-5H3. The highest BCUT2D eigenvalue weighted by Crippen LogP contribution is 2.19. The lowest BCUT2D eigenvalue weighted by Gasteiger charge is -2.26. The summed E-state index contributed by atoms with van der Waals surface area (Å²) in [5, 5.41) is 0. The molecule has 1 aromatic carbocycles. The van der Waals surface area contributed by atoms with E-state index in [2.05, 4.69) is 51.9 Å². The Bertz CT molecular complexity index is 358. The number of aryl methyl sites for hydroxylation is 1. The smallest absolute Gasteiger partial charge is 0.127 e. The predicted octanol–water partition coefficient (Wildman–Crippen LogP) is 3.12. The van der Waals surface area contributed by atoms with E-state index >= 15 is 0 Å². The number of ether oxygens (including phenoxy) is 2. The highest BCUT2D eigenvalue weighted by molar-refractivity contribution is 5.26. The van der Waals surface area contributed by atoms with E-state index in [1.54, 1.807) is 0 Å². The van der Waals surface area contributed by atoms with Crippen molar-refractivity contribution in [2.45, 2.75) is 32.8 Å². The van der Waals surface area contributed by atoms with Crippen LogP contribution in [0, 0.1) is 6.92 Å². The van der Waals surface area contributed by atoms with Crippen LogP contribution in [0.15, 0.2) is 24.3 Å². The van der Waals surface area contributed by atoms with Crippen molar-refractivity contribution in [3.8, 4) is 5.75 Å². The molecule has 108 valence electrons. The zero-order valence-electron chi connectivity index (χ0n) is 12.9. The van der Waals surface area contributed by atoms with E-state index in [9.17, 15) is 0 Å². The summed E-state index contributed by atoms with van der Waals surface area (Å²) in [7, 11) is 4.15. The molecule has 0 radical (unpaired) electrons. The monoisotopic (exact) mass is 265 g/mol. The first-order valence-corrected chi connectivity index (χ1v) is 6.87. The van der Waals surface area contributed by atoms with Crippen LogP contribution in [0.5, 0.6) is 5.75 Å². The van der Waals surface area contributed by atoms with Gasteiger partial charge in [0.05, 0.1) is 6.61 Å². The minimum Gasteiger partial charge on any atom is -0.485 e. The molecule has 0 atom stereocenters. The molecule has 0 aliphatic rings. The fourth-order valence-corrected chi connectivity index (χ4v) is 1.76. The third kappa shape index (κ3) is 7.19. The van der Waals surface area contributed by atoms with Gasteiger partial charge in [0.2, 0.25) is 0 Å². The Morgan fingerprint density at radius 1 is 1.11 bits per heavy atom. The fourth-order valence-electron chi connectivity index (χ4n) is 1.76. The zero-order valence-corrected chi connectivity index (χ0v) is 12.9. The maximum Gasteiger partial charge on any atom is 0.127 e. The highest BCUT2D eigenvalue weighted by Gasteiger charge is 2.20. The van der Waals surface area contributed by atoms with E-state index in [0.29, 0.717) is 6.61 Å². The molecule has 0 fully saturated rings. The van der Waals surface area contributed by atoms with Gasteiger partial charge in [-0.25, -0.2) is 0 Å². The maximum atomic E-state index is 5.95. The van der Waals surface area contributed by atoms with Crippen LogP contribution in [-0.4, -0.2) is 44.4 Å². The van der Waals surface area contributed by atoms with E-state index in [-0.39, 0.29) is 5.60 Å². The first-order valence-electron chi connectivity index (χ1n) is 6.87. The number of rotatable bonds is 8. The Labute approximate surface area is 117 Å². The van der Waals surface area contributed by atoms with Crippen molar-refractivity contribution in [3.63, 3.8) is 0 Å².